The van der Waals surface area contributed by atoms with E-state index in [2.05, 4.69) is 32.0 Å². The minimum absolute atomic E-state index is 0.791. The number of hydrogen-bond donors (Lipinski definition) is 1. The van der Waals surface area contributed by atoms with Crippen LogP contribution in [0.1, 0.15) is 37.0 Å². The summed E-state index contributed by atoms with van der Waals surface area (Å²) in [4.78, 5) is 0. The number of nitrogens with two attached hydrogens (primary N) is 1. The minimum Gasteiger partial charge on any atom is -0.330 e. The lowest BCUT2D eigenvalue weighted by atomic mass is 9.97. The molecule has 0 aliphatic heterocycles. The quantitative estimate of drug-likeness (QED) is 0.761. The fourth-order valence-corrected chi connectivity index (χ4v) is 1.77. The van der Waals surface area contributed by atoms with Crippen LogP contribution >= 0.6 is 0 Å². The van der Waals surface area contributed by atoms with Crippen molar-refractivity contribution in [2.45, 2.75) is 39.5 Å². The van der Waals surface area contributed by atoms with Crippen molar-refractivity contribution in [3.63, 3.8) is 0 Å². The summed E-state index contributed by atoms with van der Waals surface area (Å²) in [6.45, 7) is 5.21. The fourth-order valence-electron chi connectivity index (χ4n) is 1.77. The Morgan fingerprint density at radius 2 is 1.86 bits per heavy atom. The van der Waals surface area contributed by atoms with Crippen molar-refractivity contribution in [2.24, 2.45) is 5.73 Å². The Bertz CT molecular complexity index is 279. The molecule has 0 radical (unpaired) electrons. The van der Waals surface area contributed by atoms with Gasteiger partial charge in [-0.15, -0.1) is 0 Å². The molecule has 14 heavy (non-hydrogen) atoms. The van der Waals surface area contributed by atoms with Crippen LogP contribution in [0.3, 0.4) is 0 Å². The Hall–Kier alpha value is -0.820. The predicted molar refractivity (Wildman–Crippen MR) is 62.6 cm³/mol. The van der Waals surface area contributed by atoms with E-state index in [0.717, 1.165) is 32.2 Å². The Morgan fingerprint density at radius 1 is 1.07 bits per heavy atom. The summed E-state index contributed by atoms with van der Waals surface area (Å²) in [5.41, 5.74) is 9.96. The van der Waals surface area contributed by atoms with E-state index in [-0.39, 0.29) is 0 Å². The normalized spacial score (nSPS) is 10.5. The monoisotopic (exact) mass is 191 g/mol. The number of aryl methyl sites for hydroxylation is 3. The third kappa shape index (κ3) is 2.85. The van der Waals surface area contributed by atoms with Gasteiger partial charge in [-0.25, -0.2) is 0 Å². The van der Waals surface area contributed by atoms with Gasteiger partial charge in [0.15, 0.2) is 0 Å². The van der Waals surface area contributed by atoms with Gasteiger partial charge in [0.25, 0.3) is 0 Å². The smallest absolute Gasteiger partial charge is 0.00741 e. The van der Waals surface area contributed by atoms with Crippen LogP contribution < -0.4 is 5.73 Å². The second-order valence-electron chi connectivity index (χ2n) is 3.70. The van der Waals surface area contributed by atoms with Crippen molar-refractivity contribution in [2.75, 3.05) is 6.54 Å². The molecule has 1 heteroatoms. The van der Waals surface area contributed by atoms with Gasteiger partial charge in [-0.2, -0.15) is 0 Å². The summed E-state index contributed by atoms with van der Waals surface area (Å²) in [6, 6.07) is 6.85. The van der Waals surface area contributed by atoms with Gasteiger partial charge in [0.1, 0.15) is 0 Å². The van der Waals surface area contributed by atoms with Crippen molar-refractivity contribution in [3.05, 3.63) is 34.9 Å². The van der Waals surface area contributed by atoms with Crippen LogP contribution in [-0.2, 0) is 19.3 Å². The molecule has 0 aliphatic carbocycles. The molecule has 0 atom stereocenters. The maximum Gasteiger partial charge on any atom is -0.00741 e. The molecule has 2 N–H and O–H groups in total. The second-order valence-corrected chi connectivity index (χ2v) is 3.70. The van der Waals surface area contributed by atoms with Crippen molar-refractivity contribution >= 4 is 0 Å². The van der Waals surface area contributed by atoms with Gasteiger partial charge >= 0.3 is 0 Å². The molecule has 0 fully saturated rings. The molecule has 1 aromatic rings. The SMILES string of the molecule is CCc1ccc(CC)c(CCCN)c1. The summed E-state index contributed by atoms with van der Waals surface area (Å²) in [7, 11) is 0. The van der Waals surface area contributed by atoms with E-state index in [1.54, 1.807) is 0 Å². The Morgan fingerprint density at radius 3 is 2.43 bits per heavy atom. The molecule has 1 rings (SSSR count). The van der Waals surface area contributed by atoms with E-state index in [4.69, 9.17) is 5.73 Å². The van der Waals surface area contributed by atoms with Crippen molar-refractivity contribution in [1.29, 1.82) is 0 Å². The Labute approximate surface area is 87.3 Å². The molecule has 78 valence electrons. The van der Waals surface area contributed by atoms with Crippen LogP contribution in [0, 0.1) is 0 Å². The Kier molecular flexibility index (Phi) is 4.68. The zero-order valence-electron chi connectivity index (χ0n) is 9.34. The molecule has 0 unspecified atom stereocenters. The van der Waals surface area contributed by atoms with E-state index in [1.165, 1.54) is 16.7 Å². The van der Waals surface area contributed by atoms with E-state index in [9.17, 15) is 0 Å². The number of rotatable bonds is 5. The maximum absolute atomic E-state index is 5.54. The van der Waals surface area contributed by atoms with Gasteiger partial charge in [0.2, 0.25) is 0 Å². The van der Waals surface area contributed by atoms with Crippen LogP contribution in [0.4, 0.5) is 0 Å². The molecular weight excluding hydrogens is 170 g/mol. The average Bonchev–Trinajstić information content (AvgIpc) is 2.25. The molecule has 0 saturated carbocycles. The van der Waals surface area contributed by atoms with E-state index in [0.29, 0.717) is 0 Å². The van der Waals surface area contributed by atoms with E-state index < -0.39 is 0 Å². The van der Waals surface area contributed by atoms with Gasteiger partial charge < -0.3 is 5.73 Å². The van der Waals surface area contributed by atoms with Gasteiger partial charge in [-0.05, 0) is 48.9 Å². The molecule has 0 saturated heterocycles. The van der Waals surface area contributed by atoms with Crippen molar-refractivity contribution < 1.29 is 0 Å². The molecule has 0 aromatic heterocycles. The van der Waals surface area contributed by atoms with Crippen LogP contribution in [0.25, 0.3) is 0 Å². The summed E-state index contributed by atoms with van der Waals surface area (Å²) in [5.74, 6) is 0. The molecule has 0 bridgehead atoms. The lowest BCUT2D eigenvalue weighted by Gasteiger charge is -2.09. The first-order valence-corrected chi connectivity index (χ1v) is 5.62. The molecule has 0 amide bonds. The largest absolute Gasteiger partial charge is 0.330 e. The molecule has 0 spiro atoms. The standard InChI is InChI=1S/C13H21N/c1-3-11-7-8-12(4-2)13(10-11)6-5-9-14/h7-8,10H,3-6,9,14H2,1-2H3. The van der Waals surface area contributed by atoms with Gasteiger partial charge in [-0.1, -0.05) is 32.0 Å². The Balaban J connectivity index is 2.84. The van der Waals surface area contributed by atoms with Crippen LogP contribution in [0.5, 0.6) is 0 Å². The molecule has 0 aliphatic rings. The fraction of sp³-hybridized carbons (Fsp3) is 0.538. The number of hydrogen-bond acceptors (Lipinski definition) is 1. The van der Waals surface area contributed by atoms with Gasteiger partial charge in [-0.3, -0.25) is 0 Å². The summed E-state index contributed by atoms with van der Waals surface area (Å²) in [6.07, 6.45) is 4.48. The third-order valence-electron chi connectivity index (χ3n) is 2.71. The van der Waals surface area contributed by atoms with Crippen LogP contribution in [0.2, 0.25) is 0 Å². The highest BCUT2D eigenvalue weighted by Crippen LogP contribution is 2.15. The topological polar surface area (TPSA) is 26.0 Å². The second kappa shape index (κ2) is 5.82. The van der Waals surface area contributed by atoms with E-state index in [1.807, 2.05) is 0 Å². The van der Waals surface area contributed by atoms with E-state index >= 15 is 0 Å². The predicted octanol–water partition coefficient (Wildman–Crippen LogP) is 2.70. The summed E-state index contributed by atoms with van der Waals surface area (Å²) in [5, 5.41) is 0. The minimum atomic E-state index is 0.791. The first kappa shape index (κ1) is 11.3. The summed E-state index contributed by atoms with van der Waals surface area (Å²) < 4.78 is 0. The number of benzene rings is 1. The highest BCUT2D eigenvalue weighted by molar-refractivity contribution is 5.32. The third-order valence-corrected chi connectivity index (χ3v) is 2.71. The van der Waals surface area contributed by atoms with Crippen LogP contribution in [-0.4, -0.2) is 6.54 Å². The zero-order chi connectivity index (χ0) is 10.4. The maximum atomic E-state index is 5.54. The average molecular weight is 191 g/mol. The first-order valence-electron chi connectivity index (χ1n) is 5.62. The molecule has 0 heterocycles. The summed E-state index contributed by atoms with van der Waals surface area (Å²) >= 11 is 0. The highest BCUT2D eigenvalue weighted by Gasteiger charge is 2.01. The van der Waals surface area contributed by atoms with Crippen molar-refractivity contribution in [3.8, 4) is 0 Å². The lowest BCUT2D eigenvalue weighted by Crippen LogP contribution is -2.02. The van der Waals surface area contributed by atoms with Crippen molar-refractivity contribution in [1.82, 2.24) is 0 Å². The molecule has 1 nitrogen and oxygen atoms in total. The van der Waals surface area contributed by atoms with Crippen LogP contribution in [0.15, 0.2) is 18.2 Å². The molecular formula is C13H21N. The zero-order valence-corrected chi connectivity index (χ0v) is 9.34. The highest BCUT2D eigenvalue weighted by atomic mass is 14.5. The lowest BCUT2D eigenvalue weighted by molar-refractivity contribution is 0.820. The first-order chi connectivity index (χ1) is 6.81. The van der Waals surface area contributed by atoms with Gasteiger partial charge in [0, 0.05) is 0 Å². The van der Waals surface area contributed by atoms with Gasteiger partial charge in [0.05, 0.1) is 0 Å². The molecule has 1 aromatic carbocycles.